The Labute approximate surface area is 178 Å². The zero-order chi connectivity index (χ0) is 18.6. The van der Waals surface area contributed by atoms with Crippen LogP contribution in [0.1, 0.15) is 38.5 Å². The van der Waals surface area contributed by atoms with Crippen LogP contribution < -0.4 is 10.6 Å². The van der Waals surface area contributed by atoms with Crippen molar-refractivity contribution >= 4 is 56.4 Å². The average molecular weight is 466 g/mol. The number of thiocarbonyl (C=S) groups is 1. The molecule has 142 valence electrons. The first-order chi connectivity index (χ1) is 13.0. The molecule has 4 bridgehead atoms. The molecule has 4 aliphatic carbocycles. The van der Waals surface area contributed by atoms with Gasteiger partial charge in [0.05, 0.1) is 16.2 Å². The molecule has 4 fully saturated rings. The molecule has 4 aliphatic rings. The Bertz CT molecular complexity index is 861. The van der Waals surface area contributed by atoms with E-state index in [0.29, 0.717) is 10.1 Å². The first-order valence-electron chi connectivity index (χ1n) is 9.58. The molecule has 7 heteroatoms. The highest BCUT2D eigenvalue weighted by Gasteiger charge is 2.52. The van der Waals surface area contributed by atoms with Gasteiger partial charge in [-0.05, 0) is 86.7 Å². The van der Waals surface area contributed by atoms with E-state index in [2.05, 4.69) is 37.4 Å². The van der Waals surface area contributed by atoms with E-state index in [9.17, 15) is 0 Å². The van der Waals surface area contributed by atoms with Crippen molar-refractivity contribution in [3.05, 3.63) is 40.0 Å². The van der Waals surface area contributed by atoms with Crippen molar-refractivity contribution in [1.82, 2.24) is 9.78 Å². The molecule has 0 radical (unpaired) electrons. The second-order valence-corrected chi connectivity index (χ2v) is 10.2. The van der Waals surface area contributed by atoms with Gasteiger partial charge in [0.2, 0.25) is 0 Å². The highest BCUT2D eigenvalue weighted by Crippen LogP contribution is 2.58. The van der Waals surface area contributed by atoms with Crippen LogP contribution in [0.4, 0.5) is 11.5 Å². The van der Waals surface area contributed by atoms with Crippen molar-refractivity contribution in [2.45, 2.75) is 44.1 Å². The second-order valence-electron chi connectivity index (χ2n) is 8.49. The standard InChI is InChI=1S/C20H22BrClN4S/c21-15-1-2-17(16(22)8-15)23-19(27)24-18-3-4-26(25-18)20-9-12-5-13(10-20)7-14(6-12)11-20/h1-4,8,12-14H,5-7,9-11H2,(H2,23,24,25,27). The lowest BCUT2D eigenvalue weighted by molar-refractivity contribution is -0.0492. The normalized spacial score (nSPS) is 31.1. The fraction of sp³-hybridized carbons (Fsp3) is 0.500. The van der Waals surface area contributed by atoms with Crippen LogP contribution in [0.15, 0.2) is 34.9 Å². The van der Waals surface area contributed by atoms with Crippen LogP contribution in [0.5, 0.6) is 0 Å². The highest BCUT2D eigenvalue weighted by atomic mass is 79.9. The van der Waals surface area contributed by atoms with Gasteiger partial charge in [-0.25, -0.2) is 0 Å². The van der Waals surface area contributed by atoms with E-state index in [-0.39, 0.29) is 5.54 Å². The summed E-state index contributed by atoms with van der Waals surface area (Å²) in [4.78, 5) is 0. The molecule has 1 heterocycles. The van der Waals surface area contributed by atoms with Gasteiger partial charge in [0.1, 0.15) is 0 Å². The maximum atomic E-state index is 6.26. The molecule has 2 aromatic rings. The Hall–Kier alpha value is -1.11. The lowest BCUT2D eigenvalue weighted by Crippen LogP contribution is -2.52. The lowest BCUT2D eigenvalue weighted by Gasteiger charge is -2.56. The van der Waals surface area contributed by atoms with Crippen LogP contribution in [0.25, 0.3) is 0 Å². The summed E-state index contributed by atoms with van der Waals surface area (Å²) in [6.45, 7) is 0. The summed E-state index contributed by atoms with van der Waals surface area (Å²) in [6.07, 6.45) is 10.3. The monoisotopic (exact) mass is 464 g/mol. The third-order valence-electron chi connectivity index (χ3n) is 6.50. The van der Waals surface area contributed by atoms with E-state index in [4.69, 9.17) is 28.9 Å². The molecule has 1 aromatic heterocycles. The van der Waals surface area contributed by atoms with Crippen LogP contribution in [-0.2, 0) is 5.54 Å². The molecule has 0 unspecified atom stereocenters. The largest absolute Gasteiger partial charge is 0.331 e. The van der Waals surface area contributed by atoms with E-state index in [1.165, 1.54) is 38.5 Å². The highest BCUT2D eigenvalue weighted by molar-refractivity contribution is 9.10. The Morgan fingerprint density at radius 2 is 1.78 bits per heavy atom. The summed E-state index contributed by atoms with van der Waals surface area (Å²) in [5.74, 6) is 3.49. The molecule has 0 amide bonds. The minimum absolute atomic E-state index is 0.235. The van der Waals surface area contributed by atoms with Crippen molar-refractivity contribution in [2.75, 3.05) is 10.6 Å². The minimum atomic E-state index is 0.235. The van der Waals surface area contributed by atoms with E-state index in [1.54, 1.807) is 0 Å². The molecule has 4 nitrogen and oxygen atoms in total. The Morgan fingerprint density at radius 1 is 1.11 bits per heavy atom. The molecule has 1 aromatic carbocycles. The fourth-order valence-electron chi connectivity index (χ4n) is 5.86. The summed E-state index contributed by atoms with van der Waals surface area (Å²) < 4.78 is 3.17. The number of hydrogen-bond donors (Lipinski definition) is 2. The summed E-state index contributed by atoms with van der Waals surface area (Å²) in [6, 6.07) is 7.69. The second kappa shape index (κ2) is 6.75. The summed E-state index contributed by atoms with van der Waals surface area (Å²) >= 11 is 15.1. The van der Waals surface area contributed by atoms with Crippen LogP contribution >= 0.6 is 39.7 Å². The van der Waals surface area contributed by atoms with E-state index < -0.39 is 0 Å². The number of nitrogens with one attached hydrogen (secondary N) is 2. The average Bonchev–Trinajstić information content (AvgIpc) is 3.05. The predicted octanol–water partition coefficient (Wildman–Crippen LogP) is 6.03. The third-order valence-corrected chi connectivity index (χ3v) is 7.51. The number of aromatic nitrogens is 2. The fourth-order valence-corrected chi connectivity index (χ4v) is 6.80. The Kier molecular flexibility index (Phi) is 4.49. The van der Waals surface area contributed by atoms with Crippen molar-refractivity contribution < 1.29 is 0 Å². The van der Waals surface area contributed by atoms with Crippen molar-refractivity contribution in [1.29, 1.82) is 0 Å². The number of hydrogen-bond acceptors (Lipinski definition) is 2. The topological polar surface area (TPSA) is 41.9 Å². The van der Waals surface area contributed by atoms with Gasteiger partial charge in [-0.2, -0.15) is 5.10 Å². The summed E-state index contributed by atoms with van der Waals surface area (Å²) in [5, 5.41) is 12.3. The van der Waals surface area contributed by atoms with Crippen LogP contribution in [0.2, 0.25) is 5.02 Å². The molecular formula is C20H22BrClN4S. The predicted molar refractivity (Wildman–Crippen MR) is 117 cm³/mol. The molecular weight excluding hydrogens is 444 g/mol. The smallest absolute Gasteiger partial charge is 0.176 e. The van der Waals surface area contributed by atoms with Crippen molar-refractivity contribution in [2.24, 2.45) is 17.8 Å². The number of rotatable bonds is 3. The van der Waals surface area contributed by atoms with Crippen LogP contribution in [-0.4, -0.2) is 14.9 Å². The summed E-state index contributed by atoms with van der Waals surface area (Å²) in [5.41, 5.74) is 1.01. The van der Waals surface area contributed by atoms with Crippen LogP contribution in [0.3, 0.4) is 0 Å². The van der Waals surface area contributed by atoms with Gasteiger partial charge in [0.15, 0.2) is 10.9 Å². The Balaban J connectivity index is 1.29. The molecule has 27 heavy (non-hydrogen) atoms. The molecule has 0 spiro atoms. The van der Waals surface area contributed by atoms with Crippen LogP contribution in [0, 0.1) is 17.8 Å². The van der Waals surface area contributed by atoms with Crippen molar-refractivity contribution in [3.63, 3.8) is 0 Å². The zero-order valence-electron chi connectivity index (χ0n) is 14.9. The first-order valence-corrected chi connectivity index (χ1v) is 11.2. The number of anilines is 2. The first kappa shape index (κ1) is 18.0. The van der Waals surface area contributed by atoms with Gasteiger partial charge in [0.25, 0.3) is 0 Å². The molecule has 0 aliphatic heterocycles. The van der Waals surface area contributed by atoms with Gasteiger partial charge in [-0.15, -0.1) is 0 Å². The molecule has 0 saturated heterocycles. The van der Waals surface area contributed by atoms with Gasteiger partial charge in [-0.1, -0.05) is 27.5 Å². The number of benzene rings is 1. The quantitative estimate of drug-likeness (QED) is 0.543. The molecule has 6 rings (SSSR count). The molecule has 4 saturated carbocycles. The maximum absolute atomic E-state index is 6.26. The SMILES string of the molecule is S=C(Nc1ccn(C23CC4CC(CC(C4)C2)C3)n1)Nc1ccc(Br)cc1Cl. The number of halogens is 2. The minimum Gasteiger partial charge on any atom is -0.331 e. The van der Waals surface area contributed by atoms with E-state index >= 15 is 0 Å². The Morgan fingerprint density at radius 3 is 2.41 bits per heavy atom. The zero-order valence-corrected chi connectivity index (χ0v) is 18.1. The van der Waals surface area contributed by atoms with Gasteiger partial charge >= 0.3 is 0 Å². The third kappa shape index (κ3) is 3.40. The van der Waals surface area contributed by atoms with E-state index in [1.807, 2.05) is 24.3 Å². The van der Waals surface area contributed by atoms with Crippen molar-refractivity contribution in [3.8, 4) is 0 Å². The lowest BCUT2D eigenvalue weighted by atomic mass is 9.53. The number of nitrogens with zero attached hydrogens (tertiary/aromatic N) is 2. The maximum Gasteiger partial charge on any atom is 0.176 e. The molecule has 0 atom stereocenters. The van der Waals surface area contributed by atoms with Gasteiger partial charge < -0.3 is 10.6 Å². The molecule has 2 N–H and O–H groups in total. The van der Waals surface area contributed by atoms with E-state index in [0.717, 1.165) is 33.7 Å². The van der Waals surface area contributed by atoms with Gasteiger partial charge in [0, 0.05) is 16.7 Å². The summed E-state index contributed by atoms with van der Waals surface area (Å²) in [7, 11) is 0. The van der Waals surface area contributed by atoms with Gasteiger partial charge in [-0.3, -0.25) is 4.68 Å².